The maximum atomic E-state index is 13.4. The van der Waals surface area contributed by atoms with Gasteiger partial charge < -0.3 is 24.4 Å². The fraction of sp³-hybridized carbons (Fsp3) is 0.333. The summed E-state index contributed by atoms with van der Waals surface area (Å²) in [6, 6.07) is 17.6. The second-order valence-corrected chi connectivity index (χ2v) is 10.5. The van der Waals surface area contributed by atoms with Gasteiger partial charge in [0.05, 0.1) is 27.0 Å². The summed E-state index contributed by atoms with van der Waals surface area (Å²) in [5.74, 6) is 1.63. The van der Waals surface area contributed by atoms with Gasteiger partial charge in [-0.3, -0.25) is 14.5 Å². The zero-order chi connectivity index (χ0) is 27.9. The molecule has 0 spiro atoms. The molecular formula is C30H35N3O5S. The highest BCUT2D eigenvalue weighted by molar-refractivity contribution is 7.99. The van der Waals surface area contributed by atoms with E-state index in [-0.39, 0.29) is 11.8 Å². The van der Waals surface area contributed by atoms with E-state index in [0.29, 0.717) is 48.1 Å². The second-order valence-electron chi connectivity index (χ2n) is 9.37. The van der Waals surface area contributed by atoms with Gasteiger partial charge in [-0.1, -0.05) is 35.5 Å². The smallest absolute Gasteiger partial charge is 0.254 e. The normalized spacial score (nSPS) is 13.6. The van der Waals surface area contributed by atoms with Crippen molar-refractivity contribution in [3.05, 3.63) is 71.3 Å². The molecule has 8 nitrogen and oxygen atoms in total. The standard InChI is InChI=1S/C30H35N3O5S/c1-20-6-10-24(11-7-20)39-27-13-9-22(18-25(27)31-21(2)34)30(35)33-16-14-32(15-17-33)19-23-8-12-26(36-3)29(38-5)28(23)37-4/h6-13,18H,14-17,19H2,1-5H3,(H,31,34). The molecule has 206 valence electrons. The van der Waals surface area contributed by atoms with Crippen LogP contribution in [0.15, 0.2) is 64.4 Å². The van der Waals surface area contributed by atoms with E-state index in [1.54, 1.807) is 39.2 Å². The number of hydrogen-bond acceptors (Lipinski definition) is 7. The monoisotopic (exact) mass is 549 g/mol. The fourth-order valence-electron chi connectivity index (χ4n) is 4.59. The molecule has 0 radical (unpaired) electrons. The zero-order valence-electron chi connectivity index (χ0n) is 23.1. The highest BCUT2D eigenvalue weighted by Gasteiger charge is 2.25. The van der Waals surface area contributed by atoms with Crippen LogP contribution in [0.3, 0.4) is 0 Å². The number of amides is 2. The Balaban J connectivity index is 1.43. The number of aryl methyl sites for hydroxylation is 1. The summed E-state index contributed by atoms with van der Waals surface area (Å²) < 4.78 is 16.5. The van der Waals surface area contributed by atoms with Gasteiger partial charge in [0.2, 0.25) is 11.7 Å². The molecular weight excluding hydrogens is 514 g/mol. The summed E-state index contributed by atoms with van der Waals surface area (Å²) in [7, 11) is 4.82. The van der Waals surface area contributed by atoms with Crippen molar-refractivity contribution in [1.82, 2.24) is 9.80 Å². The van der Waals surface area contributed by atoms with Crippen molar-refractivity contribution in [2.75, 3.05) is 52.8 Å². The third-order valence-corrected chi connectivity index (χ3v) is 7.71. The molecule has 4 rings (SSSR count). The molecule has 1 saturated heterocycles. The number of hydrogen-bond donors (Lipinski definition) is 1. The van der Waals surface area contributed by atoms with E-state index < -0.39 is 0 Å². The van der Waals surface area contributed by atoms with Gasteiger partial charge in [-0.15, -0.1) is 0 Å². The van der Waals surface area contributed by atoms with Crippen LogP contribution in [0.1, 0.15) is 28.4 Å². The van der Waals surface area contributed by atoms with Gasteiger partial charge in [-0.05, 0) is 43.3 Å². The number of anilines is 1. The summed E-state index contributed by atoms with van der Waals surface area (Å²) in [6.45, 7) is 6.84. The number of rotatable bonds is 9. The summed E-state index contributed by atoms with van der Waals surface area (Å²) in [4.78, 5) is 31.4. The largest absolute Gasteiger partial charge is 0.493 e. The minimum atomic E-state index is -0.176. The molecule has 3 aromatic rings. The molecule has 3 aromatic carbocycles. The maximum Gasteiger partial charge on any atom is 0.254 e. The molecule has 1 aliphatic heterocycles. The Kier molecular flexibility index (Phi) is 9.37. The molecule has 1 N–H and O–H groups in total. The number of nitrogens with zero attached hydrogens (tertiary/aromatic N) is 2. The lowest BCUT2D eigenvalue weighted by molar-refractivity contribution is -0.114. The predicted molar refractivity (Wildman–Crippen MR) is 153 cm³/mol. The lowest BCUT2D eigenvalue weighted by Crippen LogP contribution is -2.48. The summed E-state index contributed by atoms with van der Waals surface area (Å²) >= 11 is 1.56. The summed E-state index contributed by atoms with van der Waals surface area (Å²) in [6.07, 6.45) is 0. The highest BCUT2D eigenvalue weighted by Crippen LogP contribution is 2.40. The quantitative estimate of drug-likeness (QED) is 0.398. The first kappa shape index (κ1) is 28.3. The Bertz CT molecular complexity index is 1320. The topological polar surface area (TPSA) is 80.3 Å². The van der Waals surface area contributed by atoms with Gasteiger partial charge in [0.1, 0.15) is 0 Å². The van der Waals surface area contributed by atoms with Gasteiger partial charge in [0.25, 0.3) is 5.91 Å². The van der Waals surface area contributed by atoms with Crippen LogP contribution >= 0.6 is 11.8 Å². The van der Waals surface area contributed by atoms with Crippen molar-refractivity contribution < 1.29 is 23.8 Å². The number of nitrogens with one attached hydrogen (secondary N) is 1. The van der Waals surface area contributed by atoms with Crippen LogP contribution in [-0.4, -0.2) is 69.1 Å². The van der Waals surface area contributed by atoms with E-state index in [9.17, 15) is 9.59 Å². The molecule has 0 unspecified atom stereocenters. The first-order valence-electron chi connectivity index (χ1n) is 12.8. The molecule has 1 heterocycles. The van der Waals surface area contributed by atoms with Crippen molar-refractivity contribution in [3.8, 4) is 17.2 Å². The predicted octanol–water partition coefficient (Wildman–Crippen LogP) is 5.09. The molecule has 1 fully saturated rings. The van der Waals surface area contributed by atoms with Gasteiger partial charge in [-0.25, -0.2) is 0 Å². The molecule has 9 heteroatoms. The average molecular weight is 550 g/mol. The van der Waals surface area contributed by atoms with Gasteiger partial charge in [0, 0.05) is 60.6 Å². The number of methoxy groups -OCH3 is 3. The lowest BCUT2D eigenvalue weighted by Gasteiger charge is -2.35. The van der Waals surface area contributed by atoms with Crippen molar-refractivity contribution in [3.63, 3.8) is 0 Å². The fourth-order valence-corrected chi connectivity index (χ4v) is 5.47. The Morgan fingerprint density at radius 3 is 2.18 bits per heavy atom. The number of piperazine rings is 1. The number of carbonyl (C=O) groups excluding carboxylic acids is 2. The Hall–Kier alpha value is -3.69. The van der Waals surface area contributed by atoms with Crippen LogP contribution in [0.4, 0.5) is 5.69 Å². The van der Waals surface area contributed by atoms with Crippen LogP contribution in [0.5, 0.6) is 17.2 Å². The Morgan fingerprint density at radius 2 is 1.56 bits per heavy atom. The van der Waals surface area contributed by atoms with Crippen LogP contribution in [0.2, 0.25) is 0 Å². The minimum absolute atomic E-state index is 0.0446. The molecule has 0 aliphatic carbocycles. The molecule has 1 aliphatic rings. The zero-order valence-corrected chi connectivity index (χ0v) is 23.9. The van der Waals surface area contributed by atoms with Crippen molar-refractivity contribution in [2.24, 2.45) is 0 Å². The third-order valence-electron chi connectivity index (χ3n) is 6.63. The van der Waals surface area contributed by atoms with Crippen LogP contribution in [0, 0.1) is 6.92 Å². The van der Waals surface area contributed by atoms with E-state index >= 15 is 0 Å². The van der Waals surface area contributed by atoms with E-state index in [1.807, 2.05) is 48.2 Å². The van der Waals surface area contributed by atoms with E-state index in [0.717, 1.165) is 28.4 Å². The van der Waals surface area contributed by atoms with E-state index in [2.05, 4.69) is 22.3 Å². The number of benzene rings is 3. The Morgan fingerprint density at radius 1 is 0.872 bits per heavy atom. The average Bonchev–Trinajstić information content (AvgIpc) is 2.94. The summed E-state index contributed by atoms with van der Waals surface area (Å²) in [5.41, 5.74) is 3.38. The van der Waals surface area contributed by atoms with Crippen LogP contribution in [-0.2, 0) is 11.3 Å². The second kappa shape index (κ2) is 12.9. The van der Waals surface area contributed by atoms with E-state index in [4.69, 9.17) is 14.2 Å². The summed E-state index contributed by atoms with van der Waals surface area (Å²) in [5, 5.41) is 2.90. The van der Waals surface area contributed by atoms with Gasteiger partial charge in [0.15, 0.2) is 11.5 Å². The molecule has 0 atom stereocenters. The molecule has 0 aromatic heterocycles. The number of carbonyl (C=O) groups is 2. The first-order valence-corrected chi connectivity index (χ1v) is 13.6. The van der Waals surface area contributed by atoms with Gasteiger partial charge >= 0.3 is 0 Å². The Labute approximate surface area is 234 Å². The first-order chi connectivity index (χ1) is 18.8. The minimum Gasteiger partial charge on any atom is -0.493 e. The third kappa shape index (κ3) is 6.85. The van der Waals surface area contributed by atoms with Crippen molar-refractivity contribution in [1.29, 1.82) is 0 Å². The molecule has 0 bridgehead atoms. The molecule has 39 heavy (non-hydrogen) atoms. The lowest BCUT2D eigenvalue weighted by atomic mass is 10.1. The highest BCUT2D eigenvalue weighted by atomic mass is 32.2. The maximum absolute atomic E-state index is 13.4. The molecule has 2 amide bonds. The van der Waals surface area contributed by atoms with Crippen molar-refractivity contribution >= 4 is 29.3 Å². The van der Waals surface area contributed by atoms with Gasteiger partial charge in [-0.2, -0.15) is 0 Å². The van der Waals surface area contributed by atoms with Crippen LogP contribution < -0.4 is 19.5 Å². The number of ether oxygens (including phenoxy) is 3. The van der Waals surface area contributed by atoms with Crippen LogP contribution in [0.25, 0.3) is 0 Å². The van der Waals surface area contributed by atoms with Crippen molar-refractivity contribution in [2.45, 2.75) is 30.2 Å². The van der Waals surface area contributed by atoms with E-state index in [1.165, 1.54) is 12.5 Å². The SMILES string of the molecule is COc1ccc(CN2CCN(C(=O)c3ccc(Sc4ccc(C)cc4)c(NC(C)=O)c3)CC2)c(OC)c1OC. The molecule has 0 saturated carbocycles.